The summed E-state index contributed by atoms with van der Waals surface area (Å²) in [5, 5.41) is 5.72. The SMILES string of the molecule is Cc1ccc(CNC(=O)c2cccc(CNC(=O)CC(C)N)c2)cc1.Cl. The summed E-state index contributed by atoms with van der Waals surface area (Å²) in [4.78, 5) is 24.0. The van der Waals surface area contributed by atoms with Gasteiger partial charge in [0.25, 0.3) is 5.91 Å². The maximum atomic E-state index is 12.3. The molecular formula is C20H26ClN3O2. The number of amides is 2. The first kappa shape index (κ1) is 21.7. The van der Waals surface area contributed by atoms with E-state index in [9.17, 15) is 9.59 Å². The minimum absolute atomic E-state index is 0. The molecule has 0 saturated heterocycles. The van der Waals surface area contributed by atoms with Crippen molar-refractivity contribution in [2.45, 2.75) is 39.4 Å². The Morgan fingerprint density at radius 1 is 1.00 bits per heavy atom. The molecule has 1 atom stereocenters. The summed E-state index contributed by atoms with van der Waals surface area (Å²) in [6.45, 7) is 4.68. The Kier molecular flexibility index (Phi) is 8.82. The second-order valence-corrected chi connectivity index (χ2v) is 6.33. The van der Waals surface area contributed by atoms with Crippen LogP contribution in [0.3, 0.4) is 0 Å². The number of carbonyl (C=O) groups excluding carboxylic acids is 2. The highest BCUT2D eigenvalue weighted by atomic mass is 35.5. The van der Waals surface area contributed by atoms with Gasteiger partial charge in [0.15, 0.2) is 0 Å². The van der Waals surface area contributed by atoms with Crippen molar-refractivity contribution in [1.82, 2.24) is 10.6 Å². The van der Waals surface area contributed by atoms with E-state index in [-0.39, 0.29) is 36.7 Å². The van der Waals surface area contributed by atoms with Crippen LogP contribution in [0.2, 0.25) is 0 Å². The highest BCUT2D eigenvalue weighted by Crippen LogP contribution is 2.07. The molecule has 26 heavy (non-hydrogen) atoms. The molecule has 0 spiro atoms. The average Bonchev–Trinajstić information content (AvgIpc) is 2.59. The van der Waals surface area contributed by atoms with Crippen LogP contribution in [0.5, 0.6) is 0 Å². The van der Waals surface area contributed by atoms with Crippen LogP contribution >= 0.6 is 12.4 Å². The van der Waals surface area contributed by atoms with E-state index < -0.39 is 0 Å². The van der Waals surface area contributed by atoms with Gasteiger partial charge in [-0.3, -0.25) is 9.59 Å². The van der Waals surface area contributed by atoms with Crippen LogP contribution in [0.4, 0.5) is 0 Å². The fourth-order valence-corrected chi connectivity index (χ4v) is 2.38. The van der Waals surface area contributed by atoms with Gasteiger partial charge in [0.1, 0.15) is 0 Å². The fraction of sp³-hybridized carbons (Fsp3) is 0.300. The Morgan fingerprint density at radius 2 is 1.65 bits per heavy atom. The maximum Gasteiger partial charge on any atom is 0.251 e. The van der Waals surface area contributed by atoms with Crippen LogP contribution in [-0.2, 0) is 17.9 Å². The normalized spacial score (nSPS) is 11.2. The molecule has 0 saturated carbocycles. The molecule has 1 unspecified atom stereocenters. The summed E-state index contributed by atoms with van der Waals surface area (Å²) in [5.41, 5.74) is 9.30. The van der Waals surface area contributed by atoms with Crippen LogP contribution in [0.25, 0.3) is 0 Å². The molecule has 0 aliphatic carbocycles. The van der Waals surface area contributed by atoms with Gasteiger partial charge in [-0.15, -0.1) is 12.4 Å². The summed E-state index contributed by atoms with van der Waals surface area (Å²) < 4.78 is 0. The third-order valence-electron chi connectivity index (χ3n) is 3.76. The minimum atomic E-state index is -0.168. The lowest BCUT2D eigenvalue weighted by Gasteiger charge is -2.09. The summed E-state index contributed by atoms with van der Waals surface area (Å²) in [6.07, 6.45) is 0.288. The van der Waals surface area contributed by atoms with Gasteiger partial charge in [0, 0.05) is 31.1 Å². The lowest BCUT2D eigenvalue weighted by Crippen LogP contribution is -2.29. The third kappa shape index (κ3) is 7.25. The van der Waals surface area contributed by atoms with Gasteiger partial charge < -0.3 is 16.4 Å². The van der Waals surface area contributed by atoms with E-state index in [2.05, 4.69) is 10.6 Å². The first-order valence-corrected chi connectivity index (χ1v) is 8.39. The zero-order chi connectivity index (χ0) is 18.2. The Bertz CT molecular complexity index is 730. The summed E-state index contributed by atoms with van der Waals surface area (Å²) >= 11 is 0. The molecule has 2 aromatic carbocycles. The van der Waals surface area contributed by atoms with Gasteiger partial charge in [-0.25, -0.2) is 0 Å². The third-order valence-corrected chi connectivity index (χ3v) is 3.76. The predicted molar refractivity (Wildman–Crippen MR) is 106 cm³/mol. The zero-order valence-electron chi connectivity index (χ0n) is 15.1. The first-order valence-electron chi connectivity index (χ1n) is 8.39. The number of hydrogen-bond donors (Lipinski definition) is 3. The van der Waals surface area contributed by atoms with Crippen LogP contribution in [-0.4, -0.2) is 17.9 Å². The van der Waals surface area contributed by atoms with Crippen molar-refractivity contribution < 1.29 is 9.59 Å². The number of benzene rings is 2. The van der Waals surface area contributed by atoms with E-state index in [1.807, 2.05) is 43.3 Å². The smallest absolute Gasteiger partial charge is 0.251 e. The van der Waals surface area contributed by atoms with Gasteiger partial charge in [-0.05, 0) is 37.1 Å². The van der Waals surface area contributed by atoms with Crippen molar-refractivity contribution in [3.63, 3.8) is 0 Å². The van der Waals surface area contributed by atoms with Gasteiger partial charge in [-0.1, -0.05) is 42.0 Å². The van der Waals surface area contributed by atoms with E-state index >= 15 is 0 Å². The fourth-order valence-electron chi connectivity index (χ4n) is 2.38. The second-order valence-electron chi connectivity index (χ2n) is 6.33. The minimum Gasteiger partial charge on any atom is -0.352 e. The van der Waals surface area contributed by atoms with Gasteiger partial charge in [0.05, 0.1) is 0 Å². The molecule has 0 radical (unpaired) electrons. The molecule has 5 nitrogen and oxygen atoms in total. The molecule has 4 N–H and O–H groups in total. The molecule has 2 aromatic rings. The van der Waals surface area contributed by atoms with E-state index in [0.29, 0.717) is 18.7 Å². The van der Waals surface area contributed by atoms with Crippen molar-refractivity contribution in [3.8, 4) is 0 Å². The van der Waals surface area contributed by atoms with E-state index in [4.69, 9.17) is 5.73 Å². The van der Waals surface area contributed by atoms with E-state index in [0.717, 1.165) is 11.1 Å². The lowest BCUT2D eigenvalue weighted by atomic mass is 10.1. The van der Waals surface area contributed by atoms with Gasteiger partial charge >= 0.3 is 0 Å². The largest absolute Gasteiger partial charge is 0.352 e. The molecule has 2 rings (SSSR count). The summed E-state index contributed by atoms with van der Waals surface area (Å²) in [6, 6.07) is 15.1. The molecule has 0 bridgehead atoms. The maximum absolute atomic E-state index is 12.3. The summed E-state index contributed by atoms with van der Waals surface area (Å²) in [7, 11) is 0. The molecule has 140 valence electrons. The van der Waals surface area contributed by atoms with Crippen LogP contribution < -0.4 is 16.4 Å². The summed E-state index contributed by atoms with van der Waals surface area (Å²) in [5.74, 6) is -0.228. The molecule has 0 aromatic heterocycles. The number of nitrogens with two attached hydrogens (primary N) is 1. The first-order chi connectivity index (χ1) is 11.9. The zero-order valence-corrected chi connectivity index (χ0v) is 15.9. The number of aryl methyl sites for hydroxylation is 1. The Balaban J connectivity index is 0.00000338. The molecule has 0 aliphatic rings. The number of carbonyl (C=O) groups is 2. The molecule has 0 fully saturated rings. The van der Waals surface area contributed by atoms with Crippen molar-refractivity contribution in [1.29, 1.82) is 0 Å². The molecule has 6 heteroatoms. The number of hydrogen-bond acceptors (Lipinski definition) is 3. The number of nitrogens with one attached hydrogen (secondary N) is 2. The lowest BCUT2D eigenvalue weighted by molar-refractivity contribution is -0.121. The number of rotatable bonds is 7. The molecule has 0 heterocycles. The van der Waals surface area contributed by atoms with Crippen LogP contribution in [0, 0.1) is 6.92 Å². The average molecular weight is 376 g/mol. The quantitative estimate of drug-likeness (QED) is 0.695. The highest BCUT2D eigenvalue weighted by molar-refractivity contribution is 5.94. The Hall–Kier alpha value is -2.37. The van der Waals surface area contributed by atoms with E-state index in [1.54, 1.807) is 19.1 Å². The Labute approximate surface area is 160 Å². The van der Waals surface area contributed by atoms with Gasteiger partial charge in [0.2, 0.25) is 5.91 Å². The van der Waals surface area contributed by atoms with Crippen LogP contribution in [0.15, 0.2) is 48.5 Å². The van der Waals surface area contributed by atoms with Crippen molar-refractivity contribution in [2.75, 3.05) is 0 Å². The molecular weight excluding hydrogens is 350 g/mol. The van der Waals surface area contributed by atoms with Crippen molar-refractivity contribution >= 4 is 24.2 Å². The Morgan fingerprint density at radius 3 is 2.31 bits per heavy atom. The predicted octanol–water partition coefficient (Wildman–Crippen LogP) is 2.70. The highest BCUT2D eigenvalue weighted by Gasteiger charge is 2.08. The monoisotopic (exact) mass is 375 g/mol. The van der Waals surface area contributed by atoms with Crippen molar-refractivity contribution in [2.24, 2.45) is 5.73 Å². The van der Waals surface area contributed by atoms with E-state index in [1.165, 1.54) is 5.56 Å². The number of halogens is 1. The standard InChI is InChI=1S/C20H25N3O2.ClH/c1-14-6-8-16(9-7-14)12-23-20(25)18-5-3-4-17(11-18)13-22-19(24)10-15(2)21;/h3-9,11,15H,10,12-13,21H2,1-2H3,(H,22,24)(H,23,25);1H. The second kappa shape index (κ2) is 10.6. The molecule has 0 aliphatic heterocycles. The van der Waals surface area contributed by atoms with Crippen LogP contribution in [0.1, 0.15) is 40.4 Å². The van der Waals surface area contributed by atoms with Gasteiger partial charge in [-0.2, -0.15) is 0 Å². The van der Waals surface area contributed by atoms with Crippen molar-refractivity contribution in [3.05, 3.63) is 70.8 Å². The topological polar surface area (TPSA) is 84.2 Å². The molecule has 2 amide bonds.